The van der Waals surface area contributed by atoms with Crippen LogP contribution in [0.25, 0.3) is 0 Å². The van der Waals surface area contributed by atoms with Gasteiger partial charge in [0.1, 0.15) is 17.3 Å². The van der Waals surface area contributed by atoms with E-state index in [2.05, 4.69) is 6.92 Å². The third-order valence-electron chi connectivity index (χ3n) is 3.46. The number of carbonyl (C=O) groups is 1. The van der Waals surface area contributed by atoms with Crippen molar-refractivity contribution >= 4 is 6.16 Å². The Balaban J connectivity index is 1.80. The van der Waals surface area contributed by atoms with Crippen LogP contribution < -0.4 is 9.47 Å². The molecule has 0 saturated carbocycles. The number of benzene rings is 2. The molecule has 23 heavy (non-hydrogen) atoms. The van der Waals surface area contributed by atoms with Crippen molar-refractivity contribution < 1.29 is 18.7 Å². The number of carbonyl (C=O) groups excluding carboxylic acids is 1. The van der Waals surface area contributed by atoms with E-state index in [-0.39, 0.29) is 11.6 Å². The lowest BCUT2D eigenvalue weighted by Gasteiger charge is -2.06. The van der Waals surface area contributed by atoms with Crippen molar-refractivity contribution in [2.45, 2.75) is 39.0 Å². The molecule has 0 aromatic heterocycles. The summed E-state index contributed by atoms with van der Waals surface area (Å²) in [7, 11) is 0. The van der Waals surface area contributed by atoms with Crippen LogP contribution in [0.2, 0.25) is 0 Å². The van der Waals surface area contributed by atoms with Gasteiger partial charge in [0.15, 0.2) is 0 Å². The van der Waals surface area contributed by atoms with E-state index in [1.54, 1.807) is 12.1 Å². The lowest BCUT2D eigenvalue weighted by Crippen LogP contribution is -2.13. The van der Waals surface area contributed by atoms with E-state index in [0.29, 0.717) is 5.75 Å². The highest BCUT2D eigenvalue weighted by Gasteiger charge is 2.08. The maximum absolute atomic E-state index is 12.8. The summed E-state index contributed by atoms with van der Waals surface area (Å²) in [5.41, 5.74) is 1.22. The Morgan fingerprint density at radius 2 is 1.43 bits per heavy atom. The van der Waals surface area contributed by atoms with Gasteiger partial charge in [-0.25, -0.2) is 9.18 Å². The van der Waals surface area contributed by atoms with E-state index in [4.69, 9.17) is 9.47 Å². The number of ether oxygens (including phenoxy) is 2. The van der Waals surface area contributed by atoms with E-state index in [1.165, 1.54) is 55.5 Å². The van der Waals surface area contributed by atoms with Gasteiger partial charge in [-0.1, -0.05) is 38.3 Å². The fourth-order valence-electron chi connectivity index (χ4n) is 2.20. The molecule has 4 heteroatoms. The average molecular weight is 316 g/mol. The van der Waals surface area contributed by atoms with Crippen LogP contribution in [0.5, 0.6) is 11.5 Å². The number of halogens is 1. The Morgan fingerprint density at radius 3 is 2.00 bits per heavy atom. The molecule has 0 aliphatic carbocycles. The van der Waals surface area contributed by atoms with Crippen molar-refractivity contribution in [3.63, 3.8) is 0 Å². The quantitative estimate of drug-likeness (QED) is 0.383. The van der Waals surface area contributed by atoms with Gasteiger partial charge in [0, 0.05) is 0 Å². The molecule has 0 amide bonds. The van der Waals surface area contributed by atoms with E-state index < -0.39 is 6.16 Å². The third kappa shape index (κ3) is 6.10. The third-order valence-corrected chi connectivity index (χ3v) is 3.46. The zero-order valence-electron chi connectivity index (χ0n) is 13.3. The van der Waals surface area contributed by atoms with Crippen molar-refractivity contribution in [3.05, 3.63) is 59.9 Å². The molecule has 0 heterocycles. The Kier molecular flexibility index (Phi) is 6.60. The fourth-order valence-corrected chi connectivity index (χ4v) is 2.20. The van der Waals surface area contributed by atoms with Gasteiger partial charge in [-0.15, -0.1) is 0 Å². The van der Waals surface area contributed by atoms with Gasteiger partial charge in [0.25, 0.3) is 0 Å². The van der Waals surface area contributed by atoms with Crippen LogP contribution in [-0.4, -0.2) is 6.16 Å². The topological polar surface area (TPSA) is 35.5 Å². The monoisotopic (exact) mass is 316 g/mol. The average Bonchev–Trinajstić information content (AvgIpc) is 2.55. The van der Waals surface area contributed by atoms with E-state index >= 15 is 0 Å². The molecule has 0 unspecified atom stereocenters. The molecular formula is C19H21FO3. The predicted octanol–water partition coefficient (Wildman–Crippen LogP) is 5.53. The molecule has 0 N–H and O–H groups in total. The number of hydrogen-bond acceptors (Lipinski definition) is 3. The molecule has 2 rings (SSSR count). The molecule has 0 saturated heterocycles. The van der Waals surface area contributed by atoms with E-state index in [9.17, 15) is 9.18 Å². The predicted molar refractivity (Wildman–Crippen MR) is 87.3 cm³/mol. The minimum absolute atomic E-state index is 0.240. The summed E-state index contributed by atoms with van der Waals surface area (Å²) in [6, 6.07) is 12.6. The van der Waals surface area contributed by atoms with Gasteiger partial charge in [-0.05, 0) is 54.8 Å². The van der Waals surface area contributed by atoms with Crippen LogP contribution in [0.4, 0.5) is 9.18 Å². The Labute approximate surface area is 136 Å². The fraction of sp³-hybridized carbons (Fsp3) is 0.316. The molecule has 0 aliphatic heterocycles. The molecule has 0 bridgehead atoms. The number of rotatable bonds is 7. The standard InChI is InChI=1S/C19H21FO3/c1-2-3-4-5-6-15-7-11-17(12-8-15)22-19(21)23-18-13-9-16(20)10-14-18/h7-14H,2-6H2,1H3. The summed E-state index contributed by atoms with van der Waals surface area (Å²) in [4.78, 5) is 11.7. The lowest BCUT2D eigenvalue weighted by molar-refractivity contribution is 0.152. The Morgan fingerprint density at radius 1 is 0.870 bits per heavy atom. The summed E-state index contributed by atoms with van der Waals surface area (Å²) in [5.74, 6) is 0.276. The van der Waals surface area contributed by atoms with Gasteiger partial charge in [0.2, 0.25) is 0 Å². The number of aryl methyl sites for hydroxylation is 1. The minimum atomic E-state index is -0.840. The molecule has 3 nitrogen and oxygen atoms in total. The van der Waals surface area contributed by atoms with Crippen LogP contribution >= 0.6 is 0 Å². The van der Waals surface area contributed by atoms with Crippen LogP contribution in [0.1, 0.15) is 38.2 Å². The summed E-state index contributed by atoms with van der Waals surface area (Å²) in [6.45, 7) is 2.19. The van der Waals surface area contributed by atoms with Gasteiger partial charge < -0.3 is 9.47 Å². The van der Waals surface area contributed by atoms with Crippen molar-refractivity contribution in [2.75, 3.05) is 0 Å². The van der Waals surface area contributed by atoms with Crippen molar-refractivity contribution in [2.24, 2.45) is 0 Å². The number of hydrogen-bond donors (Lipinski definition) is 0. The molecule has 0 atom stereocenters. The van der Waals surface area contributed by atoms with Crippen molar-refractivity contribution in [3.8, 4) is 11.5 Å². The zero-order valence-corrected chi connectivity index (χ0v) is 13.3. The molecule has 2 aromatic carbocycles. The highest BCUT2D eigenvalue weighted by Crippen LogP contribution is 2.17. The summed E-state index contributed by atoms with van der Waals surface area (Å²) < 4.78 is 22.8. The summed E-state index contributed by atoms with van der Waals surface area (Å²) >= 11 is 0. The smallest absolute Gasteiger partial charge is 0.395 e. The Bertz CT molecular complexity index is 606. The van der Waals surface area contributed by atoms with Gasteiger partial charge in [-0.3, -0.25) is 0 Å². The van der Waals surface area contributed by atoms with E-state index in [1.807, 2.05) is 12.1 Å². The van der Waals surface area contributed by atoms with Crippen molar-refractivity contribution in [1.82, 2.24) is 0 Å². The van der Waals surface area contributed by atoms with Gasteiger partial charge in [-0.2, -0.15) is 0 Å². The van der Waals surface area contributed by atoms with Crippen molar-refractivity contribution in [1.29, 1.82) is 0 Å². The van der Waals surface area contributed by atoms with Crippen LogP contribution in [-0.2, 0) is 6.42 Å². The molecule has 122 valence electrons. The Hall–Kier alpha value is -2.36. The summed E-state index contributed by atoms with van der Waals surface area (Å²) in [6.07, 6.45) is 5.08. The van der Waals surface area contributed by atoms with Crippen LogP contribution in [0, 0.1) is 5.82 Å². The first kappa shape index (κ1) is 17.0. The second kappa shape index (κ2) is 8.93. The first-order chi connectivity index (χ1) is 11.2. The van der Waals surface area contributed by atoms with E-state index in [0.717, 1.165) is 6.42 Å². The molecule has 2 aromatic rings. The molecular weight excluding hydrogens is 295 g/mol. The minimum Gasteiger partial charge on any atom is -0.395 e. The maximum Gasteiger partial charge on any atom is 0.519 e. The van der Waals surface area contributed by atoms with Gasteiger partial charge in [0.05, 0.1) is 0 Å². The van der Waals surface area contributed by atoms with Crippen LogP contribution in [0.3, 0.4) is 0 Å². The second-order valence-electron chi connectivity index (χ2n) is 5.36. The molecule has 0 radical (unpaired) electrons. The first-order valence-electron chi connectivity index (χ1n) is 7.91. The largest absolute Gasteiger partial charge is 0.519 e. The summed E-state index contributed by atoms with van der Waals surface area (Å²) in [5, 5.41) is 0. The zero-order chi connectivity index (χ0) is 16.5. The normalized spacial score (nSPS) is 10.3. The van der Waals surface area contributed by atoms with Gasteiger partial charge >= 0.3 is 6.16 Å². The maximum atomic E-state index is 12.8. The van der Waals surface area contributed by atoms with Crippen LogP contribution in [0.15, 0.2) is 48.5 Å². The number of unbranched alkanes of at least 4 members (excludes halogenated alkanes) is 3. The second-order valence-corrected chi connectivity index (χ2v) is 5.36. The SMILES string of the molecule is CCCCCCc1ccc(OC(=O)Oc2ccc(F)cc2)cc1. The molecule has 0 aliphatic rings. The highest BCUT2D eigenvalue weighted by atomic mass is 19.1. The first-order valence-corrected chi connectivity index (χ1v) is 7.91. The molecule has 0 spiro atoms. The lowest BCUT2D eigenvalue weighted by atomic mass is 10.1. The highest BCUT2D eigenvalue weighted by molar-refractivity contribution is 5.67. The molecule has 0 fully saturated rings.